The molecule has 0 aliphatic heterocycles. The van der Waals surface area contributed by atoms with Gasteiger partial charge in [0.2, 0.25) is 0 Å². The number of aliphatic imine (C=N–C) groups is 1. The summed E-state index contributed by atoms with van der Waals surface area (Å²) in [4.78, 5) is 18.0. The summed E-state index contributed by atoms with van der Waals surface area (Å²) in [6.45, 7) is 3.75. The Morgan fingerprint density at radius 1 is 0.929 bits per heavy atom. The van der Waals surface area contributed by atoms with E-state index in [-0.39, 0.29) is 5.91 Å². The number of rotatable bonds is 8. The van der Waals surface area contributed by atoms with Crippen molar-refractivity contribution in [3.05, 3.63) is 70.8 Å². The third-order valence-electron chi connectivity index (χ3n) is 4.65. The first-order valence-corrected chi connectivity index (χ1v) is 9.86. The van der Waals surface area contributed by atoms with Gasteiger partial charge in [0.15, 0.2) is 5.96 Å². The van der Waals surface area contributed by atoms with Crippen LogP contribution in [-0.2, 0) is 19.3 Å². The van der Waals surface area contributed by atoms with Crippen molar-refractivity contribution in [3.8, 4) is 0 Å². The molecule has 5 nitrogen and oxygen atoms in total. The van der Waals surface area contributed by atoms with Gasteiger partial charge in [-0.2, -0.15) is 0 Å². The molecule has 1 amide bonds. The molecule has 0 atom stereocenters. The van der Waals surface area contributed by atoms with Crippen molar-refractivity contribution in [2.45, 2.75) is 26.2 Å². The van der Waals surface area contributed by atoms with Gasteiger partial charge in [-0.1, -0.05) is 43.3 Å². The fraction of sp³-hybridized carbons (Fsp3) is 0.391. The van der Waals surface area contributed by atoms with Crippen molar-refractivity contribution in [2.24, 2.45) is 4.99 Å². The van der Waals surface area contributed by atoms with E-state index < -0.39 is 0 Å². The van der Waals surface area contributed by atoms with Crippen LogP contribution in [0.3, 0.4) is 0 Å². The molecule has 2 aromatic rings. The molecule has 0 saturated heterocycles. The predicted molar refractivity (Wildman–Crippen MR) is 117 cm³/mol. The van der Waals surface area contributed by atoms with Gasteiger partial charge >= 0.3 is 0 Å². The molecule has 0 aliphatic rings. The summed E-state index contributed by atoms with van der Waals surface area (Å²) in [6, 6.07) is 16.6. The van der Waals surface area contributed by atoms with Crippen LogP contribution in [0.4, 0.5) is 0 Å². The van der Waals surface area contributed by atoms with Crippen molar-refractivity contribution in [1.29, 1.82) is 0 Å². The van der Waals surface area contributed by atoms with Crippen LogP contribution < -0.4 is 10.6 Å². The number of hydrogen-bond acceptors (Lipinski definition) is 2. The van der Waals surface area contributed by atoms with Gasteiger partial charge in [0.25, 0.3) is 5.91 Å². The lowest BCUT2D eigenvalue weighted by Gasteiger charge is -2.13. The zero-order valence-electron chi connectivity index (χ0n) is 17.5. The summed E-state index contributed by atoms with van der Waals surface area (Å²) >= 11 is 0. The third kappa shape index (κ3) is 6.72. The highest BCUT2D eigenvalue weighted by Crippen LogP contribution is 2.08. The van der Waals surface area contributed by atoms with Crippen LogP contribution in [0.5, 0.6) is 0 Å². The average Bonchev–Trinajstić information content (AvgIpc) is 2.72. The number of aryl methyl sites for hydroxylation is 1. The molecule has 0 heterocycles. The summed E-state index contributed by atoms with van der Waals surface area (Å²) in [6.07, 6.45) is 2.86. The van der Waals surface area contributed by atoms with Gasteiger partial charge in [0.05, 0.1) is 0 Å². The van der Waals surface area contributed by atoms with Crippen LogP contribution in [0.25, 0.3) is 0 Å². The molecule has 0 saturated carbocycles. The topological polar surface area (TPSA) is 56.7 Å². The predicted octanol–water partition coefficient (Wildman–Crippen LogP) is 2.90. The zero-order chi connectivity index (χ0) is 20.4. The minimum absolute atomic E-state index is 0.0271. The van der Waals surface area contributed by atoms with Crippen LogP contribution in [-0.4, -0.2) is 51.0 Å². The maximum Gasteiger partial charge on any atom is 0.253 e. The first kappa shape index (κ1) is 21.5. The first-order chi connectivity index (χ1) is 13.5. The number of benzene rings is 2. The summed E-state index contributed by atoms with van der Waals surface area (Å²) in [7, 11) is 5.32. The number of hydrogen-bond donors (Lipinski definition) is 2. The Morgan fingerprint density at radius 3 is 2.11 bits per heavy atom. The molecule has 0 aliphatic carbocycles. The Kier molecular flexibility index (Phi) is 8.53. The van der Waals surface area contributed by atoms with E-state index >= 15 is 0 Å². The van der Waals surface area contributed by atoms with Gasteiger partial charge in [0, 0.05) is 39.8 Å². The molecule has 0 unspecified atom stereocenters. The van der Waals surface area contributed by atoms with Gasteiger partial charge in [-0.25, -0.2) is 0 Å². The number of carbonyl (C=O) groups is 1. The second-order valence-electron chi connectivity index (χ2n) is 7.00. The molecule has 0 aromatic heterocycles. The Hall–Kier alpha value is -2.82. The fourth-order valence-electron chi connectivity index (χ4n) is 2.93. The van der Waals surface area contributed by atoms with Crippen molar-refractivity contribution in [3.63, 3.8) is 0 Å². The second kappa shape index (κ2) is 11.1. The van der Waals surface area contributed by atoms with E-state index in [9.17, 15) is 4.79 Å². The van der Waals surface area contributed by atoms with E-state index in [1.165, 1.54) is 11.1 Å². The summed E-state index contributed by atoms with van der Waals surface area (Å²) < 4.78 is 0. The van der Waals surface area contributed by atoms with E-state index in [0.717, 1.165) is 49.4 Å². The SMILES string of the molecule is CCc1ccc(CCNC(=NC)NCCc2cccc(C(=O)N(C)C)c2)cc1. The maximum absolute atomic E-state index is 12.1. The number of nitrogens with one attached hydrogen (secondary N) is 2. The lowest BCUT2D eigenvalue weighted by atomic mass is 10.1. The van der Waals surface area contributed by atoms with Crippen LogP contribution in [0.1, 0.15) is 34.0 Å². The summed E-state index contributed by atoms with van der Waals surface area (Å²) in [5, 5.41) is 6.69. The molecular weight excluding hydrogens is 348 g/mol. The maximum atomic E-state index is 12.1. The highest BCUT2D eigenvalue weighted by Gasteiger charge is 2.08. The highest BCUT2D eigenvalue weighted by atomic mass is 16.2. The van der Waals surface area contributed by atoms with Crippen LogP contribution in [0, 0.1) is 0 Å². The molecule has 0 spiro atoms. The standard InChI is InChI=1S/C23H32N4O/c1-5-18-9-11-19(12-10-18)13-15-25-23(24-2)26-16-14-20-7-6-8-21(17-20)22(28)27(3)4/h6-12,17H,5,13-16H2,1-4H3,(H2,24,25,26). The Morgan fingerprint density at radius 2 is 1.54 bits per heavy atom. The normalized spacial score (nSPS) is 11.2. The zero-order valence-corrected chi connectivity index (χ0v) is 17.5. The van der Waals surface area contributed by atoms with Crippen molar-refractivity contribution < 1.29 is 4.79 Å². The van der Waals surface area contributed by atoms with Crippen LogP contribution in [0.2, 0.25) is 0 Å². The molecule has 2 aromatic carbocycles. The number of amides is 1. The molecule has 2 rings (SSSR count). The Bertz CT molecular complexity index is 781. The van der Waals surface area contributed by atoms with Gasteiger partial charge < -0.3 is 15.5 Å². The molecular formula is C23H32N4O. The molecule has 0 bridgehead atoms. The van der Waals surface area contributed by atoms with Gasteiger partial charge in [-0.3, -0.25) is 9.79 Å². The monoisotopic (exact) mass is 380 g/mol. The largest absolute Gasteiger partial charge is 0.356 e. The molecule has 2 N–H and O–H groups in total. The van der Waals surface area contributed by atoms with E-state index in [4.69, 9.17) is 0 Å². The van der Waals surface area contributed by atoms with E-state index in [1.807, 2.05) is 24.3 Å². The molecule has 5 heteroatoms. The number of carbonyl (C=O) groups excluding carboxylic acids is 1. The molecule has 0 radical (unpaired) electrons. The lowest BCUT2D eigenvalue weighted by Crippen LogP contribution is -2.39. The van der Waals surface area contributed by atoms with Crippen molar-refractivity contribution in [2.75, 3.05) is 34.2 Å². The van der Waals surface area contributed by atoms with E-state index in [1.54, 1.807) is 26.0 Å². The van der Waals surface area contributed by atoms with E-state index in [2.05, 4.69) is 46.8 Å². The molecule has 150 valence electrons. The number of guanidine groups is 1. The first-order valence-electron chi connectivity index (χ1n) is 9.86. The fourth-order valence-corrected chi connectivity index (χ4v) is 2.93. The molecule has 28 heavy (non-hydrogen) atoms. The minimum Gasteiger partial charge on any atom is -0.356 e. The summed E-state index contributed by atoms with van der Waals surface area (Å²) in [5.74, 6) is 0.824. The quantitative estimate of drug-likeness (QED) is 0.547. The smallest absolute Gasteiger partial charge is 0.253 e. The molecule has 0 fully saturated rings. The van der Waals surface area contributed by atoms with Crippen LogP contribution in [0.15, 0.2) is 53.5 Å². The minimum atomic E-state index is 0.0271. The lowest BCUT2D eigenvalue weighted by molar-refractivity contribution is 0.0827. The van der Waals surface area contributed by atoms with Gasteiger partial charge in [0.1, 0.15) is 0 Å². The second-order valence-corrected chi connectivity index (χ2v) is 7.00. The Balaban J connectivity index is 1.76. The van der Waals surface area contributed by atoms with E-state index in [0.29, 0.717) is 0 Å². The average molecular weight is 381 g/mol. The van der Waals surface area contributed by atoms with Crippen molar-refractivity contribution in [1.82, 2.24) is 15.5 Å². The van der Waals surface area contributed by atoms with Gasteiger partial charge in [-0.15, -0.1) is 0 Å². The third-order valence-corrected chi connectivity index (χ3v) is 4.65. The number of nitrogens with zero attached hydrogens (tertiary/aromatic N) is 2. The summed E-state index contributed by atoms with van der Waals surface area (Å²) in [5.41, 5.74) is 4.54. The van der Waals surface area contributed by atoms with Gasteiger partial charge in [-0.05, 0) is 48.1 Å². The van der Waals surface area contributed by atoms with Crippen molar-refractivity contribution >= 4 is 11.9 Å². The highest BCUT2D eigenvalue weighted by molar-refractivity contribution is 5.94. The van der Waals surface area contributed by atoms with Crippen LogP contribution >= 0.6 is 0 Å². The Labute approximate surface area is 168 Å².